The van der Waals surface area contributed by atoms with E-state index in [1.54, 1.807) is 12.1 Å². The Labute approximate surface area is 113 Å². The fourth-order valence-corrected chi connectivity index (χ4v) is 2.51. The Morgan fingerprint density at radius 3 is 2.44 bits per heavy atom. The van der Waals surface area contributed by atoms with Crippen molar-refractivity contribution in [3.63, 3.8) is 0 Å². The van der Waals surface area contributed by atoms with E-state index in [0.29, 0.717) is 5.02 Å². The summed E-state index contributed by atoms with van der Waals surface area (Å²) in [6.45, 7) is 6.21. The van der Waals surface area contributed by atoms with Gasteiger partial charge in [0.05, 0.1) is 11.6 Å². The Morgan fingerprint density at radius 1 is 1.39 bits per heavy atom. The SMILES string of the molecule is CC1=NN([C@H](C#N)c2ccc(Cl)cc2)C(C)(C)C1. The van der Waals surface area contributed by atoms with Crippen LogP contribution in [0, 0.1) is 11.3 Å². The predicted molar refractivity (Wildman–Crippen MR) is 73.5 cm³/mol. The molecular formula is C14H16ClN3. The molecule has 2 rings (SSSR count). The number of nitrogens with zero attached hydrogens (tertiary/aromatic N) is 3. The van der Waals surface area contributed by atoms with Crippen LogP contribution >= 0.6 is 11.6 Å². The van der Waals surface area contributed by atoms with Crippen molar-refractivity contribution in [2.24, 2.45) is 5.10 Å². The minimum atomic E-state index is -0.366. The van der Waals surface area contributed by atoms with Gasteiger partial charge in [-0.15, -0.1) is 0 Å². The van der Waals surface area contributed by atoms with Gasteiger partial charge >= 0.3 is 0 Å². The van der Waals surface area contributed by atoms with Gasteiger partial charge in [-0.25, -0.2) is 0 Å². The van der Waals surface area contributed by atoms with Gasteiger partial charge in [-0.2, -0.15) is 10.4 Å². The standard InChI is InChI=1S/C14H16ClN3/c1-10-8-14(2,3)18(17-10)13(9-16)11-4-6-12(15)7-5-11/h4-7,13H,8H2,1-3H3/t13-/m1/s1. The summed E-state index contributed by atoms with van der Waals surface area (Å²) < 4.78 is 0. The van der Waals surface area contributed by atoms with Gasteiger partial charge < -0.3 is 0 Å². The van der Waals surface area contributed by atoms with E-state index >= 15 is 0 Å². The third-order valence-corrected chi connectivity index (χ3v) is 3.39. The fraction of sp³-hybridized carbons (Fsp3) is 0.429. The zero-order valence-electron chi connectivity index (χ0n) is 10.8. The van der Waals surface area contributed by atoms with E-state index in [4.69, 9.17) is 11.6 Å². The van der Waals surface area contributed by atoms with Crippen LogP contribution in [0.1, 0.15) is 38.8 Å². The van der Waals surface area contributed by atoms with Crippen LogP contribution in [0.3, 0.4) is 0 Å². The highest BCUT2D eigenvalue weighted by molar-refractivity contribution is 6.30. The Kier molecular flexibility index (Phi) is 3.32. The summed E-state index contributed by atoms with van der Waals surface area (Å²) >= 11 is 5.87. The van der Waals surface area contributed by atoms with Crippen molar-refractivity contribution in [2.45, 2.75) is 38.8 Å². The summed E-state index contributed by atoms with van der Waals surface area (Å²) in [7, 11) is 0. The minimum absolute atomic E-state index is 0.121. The lowest BCUT2D eigenvalue weighted by Crippen LogP contribution is -2.38. The molecule has 1 heterocycles. The average Bonchev–Trinajstić information content (AvgIpc) is 2.56. The summed E-state index contributed by atoms with van der Waals surface area (Å²) in [4.78, 5) is 0. The number of hydrazone groups is 1. The average molecular weight is 262 g/mol. The van der Waals surface area contributed by atoms with Crippen LogP contribution in [-0.4, -0.2) is 16.3 Å². The molecule has 0 aliphatic carbocycles. The quantitative estimate of drug-likeness (QED) is 0.813. The van der Waals surface area contributed by atoms with Crippen molar-refractivity contribution in [2.75, 3.05) is 0 Å². The normalized spacial score (nSPS) is 19.3. The molecule has 1 aromatic rings. The first-order valence-electron chi connectivity index (χ1n) is 5.92. The van der Waals surface area contributed by atoms with Gasteiger partial charge in [-0.3, -0.25) is 5.01 Å². The van der Waals surface area contributed by atoms with Crippen LogP contribution in [0.25, 0.3) is 0 Å². The Hall–Kier alpha value is -1.53. The number of nitriles is 1. The van der Waals surface area contributed by atoms with E-state index in [0.717, 1.165) is 17.7 Å². The summed E-state index contributed by atoms with van der Waals surface area (Å²) in [5.74, 6) is 0. The van der Waals surface area contributed by atoms with Gasteiger partial charge in [0.1, 0.15) is 0 Å². The first-order valence-corrected chi connectivity index (χ1v) is 6.30. The summed E-state index contributed by atoms with van der Waals surface area (Å²) in [6, 6.07) is 9.35. The first-order chi connectivity index (χ1) is 8.44. The van der Waals surface area contributed by atoms with Gasteiger partial charge in [-0.05, 0) is 38.5 Å². The maximum atomic E-state index is 9.43. The van der Waals surface area contributed by atoms with Gasteiger partial charge in [0, 0.05) is 17.2 Å². The second kappa shape index (κ2) is 4.62. The molecule has 0 fully saturated rings. The molecule has 1 aromatic carbocycles. The van der Waals surface area contributed by atoms with Crippen molar-refractivity contribution in [3.8, 4) is 6.07 Å². The van der Waals surface area contributed by atoms with E-state index < -0.39 is 0 Å². The highest BCUT2D eigenvalue weighted by atomic mass is 35.5. The van der Waals surface area contributed by atoms with Gasteiger partial charge in [0.25, 0.3) is 0 Å². The monoisotopic (exact) mass is 261 g/mol. The first kappa shape index (κ1) is 12.9. The summed E-state index contributed by atoms with van der Waals surface area (Å²) in [6.07, 6.45) is 0.888. The number of benzene rings is 1. The van der Waals surface area contributed by atoms with Crippen molar-refractivity contribution in [1.82, 2.24) is 5.01 Å². The molecular weight excluding hydrogens is 246 g/mol. The number of rotatable bonds is 2. The molecule has 0 saturated heterocycles. The molecule has 4 heteroatoms. The molecule has 0 amide bonds. The third kappa shape index (κ3) is 2.34. The summed E-state index contributed by atoms with van der Waals surface area (Å²) in [5.41, 5.74) is 1.87. The molecule has 1 aliphatic rings. The molecule has 0 saturated carbocycles. The number of halogens is 1. The zero-order chi connectivity index (χ0) is 13.3. The van der Waals surface area contributed by atoms with E-state index in [9.17, 15) is 5.26 Å². The molecule has 0 aromatic heterocycles. The molecule has 18 heavy (non-hydrogen) atoms. The van der Waals surface area contributed by atoms with Gasteiger partial charge in [0.2, 0.25) is 0 Å². The molecule has 1 aliphatic heterocycles. The molecule has 1 atom stereocenters. The minimum Gasteiger partial charge on any atom is -0.269 e. The van der Waals surface area contributed by atoms with Crippen LogP contribution in [0.15, 0.2) is 29.4 Å². The van der Waals surface area contributed by atoms with Crippen LogP contribution in [0.2, 0.25) is 5.02 Å². The maximum Gasteiger partial charge on any atom is 0.159 e. The highest BCUT2D eigenvalue weighted by Crippen LogP contribution is 2.35. The topological polar surface area (TPSA) is 39.4 Å². The second-order valence-corrected chi connectivity index (χ2v) is 5.69. The third-order valence-electron chi connectivity index (χ3n) is 3.14. The number of hydrogen-bond acceptors (Lipinski definition) is 3. The van der Waals surface area contributed by atoms with Crippen molar-refractivity contribution in [1.29, 1.82) is 5.26 Å². The summed E-state index contributed by atoms with van der Waals surface area (Å²) in [5, 5.41) is 16.5. The van der Waals surface area contributed by atoms with Crippen LogP contribution in [0.5, 0.6) is 0 Å². The van der Waals surface area contributed by atoms with Gasteiger partial charge in [0.15, 0.2) is 6.04 Å². The number of hydrogen-bond donors (Lipinski definition) is 0. The second-order valence-electron chi connectivity index (χ2n) is 5.25. The maximum absolute atomic E-state index is 9.43. The van der Waals surface area contributed by atoms with E-state index in [1.165, 1.54) is 0 Å². The highest BCUT2D eigenvalue weighted by Gasteiger charge is 2.37. The van der Waals surface area contributed by atoms with Crippen LogP contribution in [0.4, 0.5) is 0 Å². The molecule has 0 spiro atoms. The van der Waals surface area contributed by atoms with Crippen LogP contribution in [-0.2, 0) is 0 Å². The van der Waals surface area contributed by atoms with Crippen molar-refractivity contribution in [3.05, 3.63) is 34.9 Å². The lowest BCUT2D eigenvalue weighted by molar-refractivity contribution is 0.123. The fourth-order valence-electron chi connectivity index (χ4n) is 2.38. The lowest BCUT2D eigenvalue weighted by Gasteiger charge is -2.34. The molecule has 3 nitrogen and oxygen atoms in total. The molecule has 0 radical (unpaired) electrons. The molecule has 94 valence electrons. The lowest BCUT2D eigenvalue weighted by atomic mass is 9.96. The smallest absolute Gasteiger partial charge is 0.159 e. The molecule has 0 unspecified atom stereocenters. The zero-order valence-corrected chi connectivity index (χ0v) is 11.6. The largest absolute Gasteiger partial charge is 0.269 e. The van der Waals surface area contributed by atoms with Crippen molar-refractivity contribution >= 4 is 17.3 Å². The molecule has 0 bridgehead atoms. The van der Waals surface area contributed by atoms with Gasteiger partial charge in [-0.1, -0.05) is 23.7 Å². The molecule has 0 N–H and O–H groups in total. The van der Waals surface area contributed by atoms with E-state index in [1.807, 2.05) is 24.1 Å². The predicted octanol–water partition coefficient (Wildman–Crippen LogP) is 3.76. The van der Waals surface area contributed by atoms with Crippen LogP contribution < -0.4 is 0 Å². The van der Waals surface area contributed by atoms with E-state index in [2.05, 4.69) is 25.0 Å². The Bertz CT molecular complexity index is 511. The Balaban J connectivity index is 2.35. The van der Waals surface area contributed by atoms with Crippen molar-refractivity contribution < 1.29 is 0 Å². The van der Waals surface area contributed by atoms with E-state index in [-0.39, 0.29) is 11.6 Å². The Morgan fingerprint density at radius 2 is 2.00 bits per heavy atom.